The Balaban J connectivity index is 1.89. The zero-order valence-electron chi connectivity index (χ0n) is 12.6. The molecule has 0 bridgehead atoms. The molecule has 0 aliphatic carbocycles. The fourth-order valence-electron chi connectivity index (χ4n) is 3.12. The van der Waals surface area contributed by atoms with Gasteiger partial charge in [-0.2, -0.15) is 0 Å². The molecule has 0 radical (unpaired) electrons. The zero-order valence-corrected chi connectivity index (χ0v) is 13.4. The van der Waals surface area contributed by atoms with Gasteiger partial charge in [0.1, 0.15) is 0 Å². The molecule has 2 atom stereocenters. The molecule has 0 saturated carbocycles. The van der Waals surface area contributed by atoms with E-state index in [1.165, 1.54) is 15.3 Å². The average molecular weight is 299 g/mol. The van der Waals surface area contributed by atoms with Crippen molar-refractivity contribution in [3.8, 4) is 0 Å². The molecule has 21 heavy (non-hydrogen) atoms. The second-order valence-corrected chi connectivity index (χ2v) is 7.19. The highest BCUT2D eigenvalue weighted by atomic mass is 32.1. The van der Waals surface area contributed by atoms with Crippen molar-refractivity contribution in [2.24, 2.45) is 0 Å². The van der Waals surface area contributed by atoms with E-state index in [0.717, 1.165) is 12.8 Å². The summed E-state index contributed by atoms with van der Waals surface area (Å²) in [7, 11) is 0. The van der Waals surface area contributed by atoms with E-state index < -0.39 is 0 Å². The van der Waals surface area contributed by atoms with Crippen LogP contribution in [-0.4, -0.2) is 11.9 Å². The first-order valence-corrected chi connectivity index (χ1v) is 8.36. The van der Waals surface area contributed by atoms with E-state index in [2.05, 4.69) is 55.6 Å². The summed E-state index contributed by atoms with van der Waals surface area (Å²) < 4.78 is 0. The topological polar surface area (TPSA) is 29.1 Å². The Bertz CT molecular complexity index is 634. The van der Waals surface area contributed by atoms with Crippen molar-refractivity contribution in [2.45, 2.75) is 44.6 Å². The Morgan fingerprint density at radius 1 is 1.24 bits per heavy atom. The second-order valence-electron chi connectivity index (χ2n) is 6.02. The van der Waals surface area contributed by atoms with E-state index in [4.69, 9.17) is 0 Å². The van der Waals surface area contributed by atoms with Gasteiger partial charge >= 0.3 is 0 Å². The highest BCUT2D eigenvalue weighted by Gasteiger charge is 2.45. The number of hydrogen-bond donors (Lipinski definition) is 1. The van der Waals surface area contributed by atoms with Crippen molar-refractivity contribution in [1.82, 2.24) is 5.32 Å². The van der Waals surface area contributed by atoms with E-state index in [1.807, 2.05) is 17.4 Å². The maximum absolute atomic E-state index is 12.0. The van der Waals surface area contributed by atoms with Gasteiger partial charge in [-0.15, -0.1) is 11.3 Å². The van der Waals surface area contributed by atoms with Crippen molar-refractivity contribution in [1.29, 1.82) is 0 Å². The first-order valence-electron chi connectivity index (χ1n) is 7.54. The van der Waals surface area contributed by atoms with Gasteiger partial charge in [-0.3, -0.25) is 4.79 Å². The summed E-state index contributed by atoms with van der Waals surface area (Å²) in [5.41, 5.74) is 1.19. The Hall–Kier alpha value is -1.61. The molecule has 2 aromatic rings. The summed E-state index contributed by atoms with van der Waals surface area (Å²) in [6, 6.07) is 15.0. The van der Waals surface area contributed by atoms with E-state index in [1.54, 1.807) is 0 Å². The van der Waals surface area contributed by atoms with Gasteiger partial charge in [0, 0.05) is 27.6 Å². The molecule has 1 saturated heterocycles. The van der Waals surface area contributed by atoms with E-state index in [0.29, 0.717) is 6.42 Å². The van der Waals surface area contributed by atoms with Crippen LogP contribution in [-0.2, 0) is 23.1 Å². The fraction of sp³-hybridized carbons (Fsp3) is 0.389. The number of carbonyl (C=O) groups excluding carboxylic acids is 1. The molecule has 1 N–H and O–H groups in total. The molecule has 2 heterocycles. The highest BCUT2D eigenvalue weighted by molar-refractivity contribution is 7.12. The normalized spacial score (nSPS) is 25.0. The van der Waals surface area contributed by atoms with Gasteiger partial charge in [0.25, 0.3) is 0 Å². The van der Waals surface area contributed by atoms with E-state index in [9.17, 15) is 4.79 Å². The lowest BCUT2D eigenvalue weighted by Crippen LogP contribution is -2.39. The summed E-state index contributed by atoms with van der Waals surface area (Å²) in [5.74, 6) is 0.171. The molecule has 3 rings (SSSR count). The largest absolute Gasteiger partial charge is 0.352 e. The molecule has 110 valence electrons. The Kier molecular flexibility index (Phi) is 3.85. The van der Waals surface area contributed by atoms with Crippen molar-refractivity contribution >= 4 is 17.2 Å². The van der Waals surface area contributed by atoms with Crippen LogP contribution in [0, 0.1) is 0 Å². The van der Waals surface area contributed by atoms with Gasteiger partial charge in [0.2, 0.25) is 5.91 Å². The third-order valence-electron chi connectivity index (χ3n) is 4.49. The van der Waals surface area contributed by atoms with Gasteiger partial charge in [0.05, 0.1) is 0 Å². The Labute approximate surface area is 130 Å². The average Bonchev–Trinajstić information content (AvgIpc) is 3.06. The molecule has 1 fully saturated rings. The Morgan fingerprint density at radius 3 is 2.67 bits per heavy atom. The molecular formula is C18H21NOS. The molecule has 1 aliphatic rings. The van der Waals surface area contributed by atoms with Gasteiger partial charge in [-0.1, -0.05) is 44.2 Å². The van der Waals surface area contributed by atoms with Crippen LogP contribution in [0.15, 0.2) is 42.5 Å². The second kappa shape index (κ2) is 5.64. The van der Waals surface area contributed by atoms with Gasteiger partial charge in [-0.05, 0) is 30.5 Å². The summed E-state index contributed by atoms with van der Waals surface area (Å²) in [6.45, 7) is 4.40. The maximum Gasteiger partial charge on any atom is 0.221 e. The maximum atomic E-state index is 12.0. The molecule has 0 spiro atoms. The van der Waals surface area contributed by atoms with Crippen LogP contribution < -0.4 is 5.32 Å². The van der Waals surface area contributed by atoms with Crippen LogP contribution >= 0.6 is 11.3 Å². The SMILES string of the molecule is CCc1ccc(C2(C)CC(=O)NC2Cc2ccccc2)s1. The minimum atomic E-state index is -0.0923. The molecule has 1 aliphatic heterocycles. The first kappa shape index (κ1) is 14.3. The molecule has 1 aromatic carbocycles. The zero-order chi connectivity index (χ0) is 14.9. The molecule has 1 amide bonds. The van der Waals surface area contributed by atoms with Crippen LogP contribution in [0.1, 0.15) is 35.6 Å². The predicted molar refractivity (Wildman–Crippen MR) is 87.7 cm³/mol. The van der Waals surface area contributed by atoms with Crippen LogP contribution in [0.2, 0.25) is 0 Å². The highest BCUT2D eigenvalue weighted by Crippen LogP contribution is 2.40. The van der Waals surface area contributed by atoms with Crippen molar-refractivity contribution < 1.29 is 4.79 Å². The van der Waals surface area contributed by atoms with Crippen molar-refractivity contribution in [3.63, 3.8) is 0 Å². The van der Waals surface area contributed by atoms with Crippen LogP contribution in [0.25, 0.3) is 0 Å². The van der Waals surface area contributed by atoms with Gasteiger partial charge < -0.3 is 5.32 Å². The summed E-state index contributed by atoms with van der Waals surface area (Å²) in [6.07, 6.45) is 2.54. The summed E-state index contributed by atoms with van der Waals surface area (Å²) >= 11 is 1.85. The number of carbonyl (C=O) groups is 1. The van der Waals surface area contributed by atoms with Crippen LogP contribution in [0.3, 0.4) is 0 Å². The number of aryl methyl sites for hydroxylation is 1. The standard InChI is InChI=1S/C18H21NOS/c1-3-14-9-10-16(21-14)18(2)12-17(20)19-15(18)11-13-7-5-4-6-8-13/h4-10,15H,3,11-12H2,1-2H3,(H,19,20). The quantitative estimate of drug-likeness (QED) is 0.916. The van der Waals surface area contributed by atoms with Crippen LogP contribution in [0.5, 0.6) is 0 Å². The third kappa shape index (κ3) is 2.75. The Morgan fingerprint density at radius 2 is 2.00 bits per heavy atom. The smallest absolute Gasteiger partial charge is 0.221 e. The third-order valence-corrected chi connectivity index (χ3v) is 6.00. The van der Waals surface area contributed by atoms with Crippen LogP contribution in [0.4, 0.5) is 0 Å². The fourth-order valence-corrected chi connectivity index (χ4v) is 4.27. The van der Waals surface area contributed by atoms with E-state index in [-0.39, 0.29) is 17.4 Å². The lowest BCUT2D eigenvalue weighted by molar-refractivity contribution is -0.119. The molecule has 1 aromatic heterocycles. The molecule has 2 unspecified atom stereocenters. The minimum absolute atomic E-state index is 0.0923. The lowest BCUT2D eigenvalue weighted by Gasteiger charge is -2.29. The molecular weight excluding hydrogens is 278 g/mol. The first-order chi connectivity index (χ1) is 10.1. The lowest BCUT2D eigenvalue weighted by atomic mass is 9.78. The number of rotatable bonds is 4. The summed E-state index contributed by atoms with van der Waals surface area (Å²) in [4.78, 5) is 14.7. The van der Waals surface area contributed by atoms with Crippen molar-refractivity contribution in [3.05, 3.63) is 57.8 Å². The number of nitrogens with one attached hydrogen (secondary N) is 1. The number of hydrogen-bond acceptors (Lipinski definition) is 2. The molecule has 3 heteroatoms. The van der Waals surface area contributed by atoms with Gasteiger partial charge in [0.15, 0.2) is 0 Å². The number of amides is 1. The number of benzene rings is 1. The van der Waals surface area contributed by atoms with Gasteiger partial charge in [-0.25, -0.2) is 0 Å². The monoisotopic (exact) mass is 299 g/mol. The summed E-state index contributed by atoms with van der Waals surface area (Å²) in [5, 5.41) is 3.19. The predicted octanol–water partition coefficient (Wildman–Crippen LogP) is 3.70. The number of thiophene rings is 1. The van der Waals surface area contributed by atoms with E-state index >= 15 is 0 Å². The van der Waals surface area contributed by atoms with Crippen molar-refractivity contribution in [2.75, 3.05) is 0 Å². The minimum Gasteiger partial charge on any atom is -0.352 e. The molecule has 2 nitrogen and oxygen atoms in total.